The highest BCUT2D eigenvalue weighted by atomic mass is 16.5. The molecule has 3 aromatic rings. The molecule has 0 fully saturated rings. The summed E-state index contributed by atoms with van der Waals surface area (Å²) in [7, 11) is 1.62. The highest BCUT2D eigenvalue weighted by Gasteiger charge is 2.14. The number of Topliss-reactive ketones (excluding diaryl/α,β-unsaturated/α-hetero) is 1. The van der Waals surface area contributed by atoms with Crippen LogP contribution in [0.15, 0.2) is 54.6 Å². The Labute approximate surface area is 235 Å². The van der Waals surface area contributed by atoms with Crippen LogP contribution >= 0.6 is 0 Å². The van der Waals surface area contributed by atoms with Crippen molar-refractivity contribution in [3.63, 3.8) is 0 Å². The summed E-state index contributed by atoms with van der Waals surface area (Å²) in [5.74, 6) is 1.34. The molecule has 39 heavy (non-hydrogen) atoms. The molecule has 0 saturated heterocycles. The van der Waals surface area contributed by atoms with Gasteiger partial charge in [-0.05, 0) is 79.6 Å². The van der Waals surface area contributed by atoms with Gasteiger partial charge in [0.15, 0.2) is 5.78 Å². The van der Waals surface area contributed by atoms with Crippen molar-refractivity contribution in [1.29, 1.82) is 5.26 Å². The molecule has 206 valence electrons. The Morgan fingerprint density at radius 3 is 2.38 bits per heavy atom. The molecule has 3 aromatic carbocycles. The standard InChI is InChI=1S/C33H37NO3.C2H6/c1-7-9-12-29(8-2)37-32-17-15-27(19-28(32)21-34)31-13-10-11-25(23(31)4)18-22(3)30-16-14-26(24(5)35)20-33(30)36-6;1-2/h10-11,13-20,29H,7-9,12H2,1-6H3;1-2H3/b22-18+;. The van der Waals surface area contributed by atoms with Crippen LogP contribution in [0.5, 0.6) is 11.5 Å². The summed E-state index contributed by atoms with van der Waals surface area (Å²) in [6.07, 6.45) is 6.41. The van der Waals surface area contributed by atoms with Crippen LogP contribution in [0.1, 0.15) is 99.8 Å². The number of unbranched alkanes of at least 4 members (excludes halogenated alkanes) is 1. The Hall–Kier alpha value is -3.84. The third-order valence-electron chi connectivity index (χ3n) is 6.82. The van der Waals surface area contributed by atoms with Crippen molar-refractivity contribution in [2.75, 3.05) is 7.11 Å². The molecular formula is C35H43NO3. The number of allylic oxidation sites excluding steroid dienone is 1. The summed E-state index contributed by atoms with van der Waals surface area (Å²) in [6, 6.07) is 20.0. The quantitative estimate of drug-likeness (QED) is 0.185. The first-order chi connectivity index (χ1) is 18.8. The molecule has 0 heterocycles. The predicted molar refractivity (Wildman–Crippen MR) is 163 cm³/mol. The van der Waals surface area contributed by atoms with Gasteiger partial charge in [0.25, 0.3) is 0 Å². The minimum atomic E-state index is 0.00867. The number of ketones is 1. The van der Waals surface area contributed by atoms with E-state index >= 15 is 0 Å². The van der Waals surface area contributed by atoms with Gasteiger partial charge in [0.05, 0.1) is 18.8 Å². The molecule has 4 heteroatoms. The van der Waals surface area contributed by atoms with Crippen LogP contribution in [0.2, 0.25) is 0 Å². The lowest BCUT2D eigenvalue weighted by molar-refractivity contribution is 0.101. The van der Waals surface area contributed by atoms with E-state index in [0.29, 0.717) is 22.6 Å². The Bertz CT molecular complexity index is 1330. The summed E-state index contributed by atoms with van der Waals surface area (Å²) >= 11 is 0. The molecule has 0 saturated carbocycles. The minimum absolute atomic E-state index is 0.00867. The van der Waals surface area contributed by atoms with Gasteiger partial charge in [-0.15, -0.1) is 0 Å². The summed E-state index contributed by atoms with van der Waals surface area (Å²) in [4.78, 5) is 11.8. The summed E-state index contributed by atoms with van der Waals surface area (Å²) in [6.45, 7) is 14.0. The first-order valence-corrected chi connectivity index (χ1v) is 14.0. The lowest BCUT2D eigenvalue weighted by Gasteiger charge is -2.19. The zero-order valence-corrected chi connectivity index (χ0v) is 24.9. The Kier molecular flexibility index (Phi) is 12.5. The maximum absolute atomic E-state index is 11.8. The van der Waals surface area contributed by atoms with Gasteiger partial charge in [0.1, 0.15) is 17.6 Å². The van der Waals surface area contributed by atoms with Gasteiger partial charge in [0.2, 0.25) is 0 Å². The molecule has 3 rings (SSSR count). The number of hydrogen-bond acceptors (Lipinski definition) is 4. The second-order valence-corrected chi connectivity index (χ2v) is 9.43. The summed E-state index contributed by atoms with van der Waals surface area (Å²) in [5.41, 5.74) is 7.42. The van der Waals surface area contributed by atoms with E-state index in [1.807, 2.05) is 57.2 Å². The van der Waals surface area contributed by atoms with E-state index in [9.17, 15) is 10.1 Å². The number of carbonyl (C=O) groups excluding carboxylic acids is 1. The fourth-order valence-electron chi connectivity index (χ4n) is 4.51. The van der Waals surface area contributed by atoms with Crippen molar-refractivity contribution >= 4 is 17.4 Å². The molecule has 0 N–H and O–H groups in total. The van der Waals surface area contributed by atoms with Gasteiger partial charge < -0.3 is 9.47 Å². The number of methoxy groups -OCH3 is 1. The molecule has 0 amide bonds. The summed E-state index contributed by atoms with van der Waals surface area (Å²) < 4.78 is 11.8. The average molecular weight is 526 g/mol. The molecule has 0 aliphatic heterocycles. The Morgan fingerprint density at radius 1 is 1.03 bits per heavy atom. The third-order valence-corrected chi connectivity index (χ3v) is 6.82. The zero-order chi connectivity index (χ0) is 28.9. The number of nitrogens with zero attached hydrogens (tertiary/aromatic N) is 1. The van der Waals surface area contributed by atoms with Gasteiger partial charge in [-0.2, -0.15) is 5.26 Å². The Balaban J connectivity index is 0.00000260. The van der Waals surface area contributed by atoms with Crippen LogP contribution in [0.3, 0.4) is 0 Å². The van der Waals surface area contributed by atoms with Gasteiger partial charge in [-0.25, -0.2) is 0 Å². The number of ether oxygens (including phenoxy) is 2. The van der Waals surface area contributed by atoms with E-state index in [0.717, 1.165) is 59.1 Å². The lowest BCUT2D eigenvalue weighted by atomic mass is 9.93. The maximum Gasteiger partial charge on any atom is 0.159 e. The SMILES string of the molecule is CC.CCCCC(CC)Oc1ccc(-c2cccc(/C=C(\C)c3ccc(C(C)=O)cc3OC)c2C)cc1C#N. The topological polar surface area (TPSA) is 59.3 Å². The molecule has 0 aromatic heterocycles. The minimum Gasteiger partial charge on any atom is -0.496 e. The number of benzene rings is 3. The average Bonchev–Trinajstić information content (AvgIpc) is 2.96. The molecular weight excluding hydrogens is 482 g/mol. The van der Waals surface area contributed by atoms with Crippen LogP contribution in [0.25, 0.3) is 22.8 Å². The monoisotopic (exact) mass is 525 g/mol. The number of hydrogen-bond donors (Lipinski definition) is 0. The van der Waals surface area contributed by atoms with Crippen molar-refractivity contribution in [2.45, 2.75) is 80.3 Å². The second kappa shape index (κ2) is 15.5. The first kappa shape index (κ1) is 31.4. The van der Waals surface area contributed by atoms with Crippen LogP contribution in [-0.4, -0.2) is 19.0 Å². The van der Waals surface area contributed by atoms with Crippen molar-refractivity contribution in [1.82, 2.24) is 0 Å². The largest absolute Gasteiger partial charge is 0.496 e. The predicted octanol–water partition coefficient (Wildman–Crippen LogP) is 9.68. The molecule has 0 aliphatic carbocycles. The number of rotatable bonds is 11. The van der Waals surface area contributed by atoms with Crippen molar-refractivity contribution in [2.24, 2.45) is 0 Å². The van der Waals surface area contributed by atoms with Crippen LogP contribution < -0.4 is 9.47 Å². The van der Waals surface area contributed by atoms with Gasteiger partial charge in [-0.1, -0.05) is 83.0 Å². The highest BCUT2D eigenvalue weighted by Crippen LogP contribution is 2.34. The van der Waals surface area contributed by atoms with Crippen molar-refractivity contribution in [3.8, 4) is 28.7 Å². The van der Waals surface area contributed by atoms with E-state index in [-0.39, 0.29) is 11.9 Å². The fourth-order valence-corrected chi connectivity index (χ4v) is 4.51. The zero-order valence-electron chi connectivity index (χ0n) is 24.9. The van der Waals surface area contributed by atoms with Crippen LogP contribution in [-0.2, 0) is 0 Å². The molecule has 0 bridgehead atoms. The summed E-state index contributed by atoms with van der Waals surface area (Å²) in [5, 5.41) is 9.85. The highest BCUT2D eigenvalue weighted by molar-refractivity contribution is 5.95. The van der Waals surface area contributed by atoms with Gasteiger partial charge >= 0.3 is 0 Å². The van der Waals surface area contributed by atoms with Gasteiger partial charge in [0, 0.05) is 11.1 Å². The third kappa shape index (κ3) is 8.07. The molecule has 0 aliphatic rings. The van der Waals surface area contributed by atoms with Crippen molar-refractivity contribution < 1.29 is 14.3 Å². The molecule has 1 unspecified atom stereocenters. The molecule has 0 radical (unpaired) electrons. The molecule has 4 nitrogen and oxygen atoms in total. The van der Waals surface area contributed by atoms with E-state index in [1.54, 1.807) is 20.1 Å². The van der Waals surface area contributed by atoms with Crippen LogP contribution in [0.4, 0.5) is 0 Å². The lowest BCUT2D eigenvalue weighted by Crippen LogP contribution is -2.15. The Morgan fingerprint density at radius 2 is 1.77 bits per heavy atom. The molecule has 1 atom stereocenters. The van der Waals surface area contributed by atoms with E-state index in [4.69, 9.17) is 9.47 Å². The fraction of sp³-hybridized carbons (Fsp3) is 0.371. The number of carbonyl (C=O) groups is 1. The van der Waals surface area contributed by atoms with Crippen molar-refractivity contribution in [3.05, 3.63) is 82.4 Å². The normalized spacial score (nSPS) is 11.6. The molecule has 0 spiro atoms. The van der Waals surface area contributed by atoms with Gasteiger partial charge in [-0.3, -0.25) is 4.79 Å². The maximum atomic E-state index is 11.8. The number of nitriles is 1. The second-order valence-electron chi connectivity index (χ2n) is 9.43. The first-order valence-electron chi connectivity index (χ1n) is 14.0. The smallest absolute Gasteiger partial charge is 0.159 e. The van der Waals surface area contributed by atoms with E-state index in [2.05, 4.69) is 45.0 Å². The van der Waals surface area contributed by atoms with E-state index in [1.165, 1.54) is 0 Å². The van der Waals surface area contributed by atoms with E-state index < -0.39 is 0 Å². The van der Waals surface area contributed by atoms with Crippen LogP contribution in [0, 0.1) is 18.3 Å².